The highest BCUT2D eigenvalue weighted by atomic mass is 15.3. The molecule has 154 valence electrons. The first-order valence-electron chi connectivity index (χ1n) is 11.7. The summed E-state index contributed by atoms with van der Waals surface area (Å²) in [5.41, 5.74) is 7.93. The molecule has 0 aliphatic heterocycles. The predicted molar refractivity (Wildman–Crippen MR) is 124 cm³/mol. The van der Waals surface area contributed by atoms with Gasteiger partial charge in [0.2, 0.25) is 0 Å². The summed E-state index contributed by atoms with van der Waals surface area (Å²) in [6.07, 6.45) is 15.4. The summed E-state index contributed by atoms with van der Waals surface area (Å²) in [6, 6.07) is 10.9. The van der Waals surface area contributed by atoms with Gasteiger partial charge in [0.1, 0.15) is 0 Å². The summed E-state index contributed by atoms with van der Waals surface area (Å²) in [4.78, 5) is 0. The van der Waals surface area contributed by atoms with E-state index in [2.05, 4.69) is 67.9 Å². The maximum absolute atomic E-state index is 5.09. The van der Waals surface area contributed by atoms with Crippen molar-refractivity contribution >= 4 is 5.57 Å². The Balaban J connectivity index is 1.67. The second-order valence-corrected chi connectivity index (χ2v) is 9.11. The minimum atomic E-state index is 0.759. The molecule has 2 aromatic rings. The minimum Gasteiger partial charge on any atom is -0.264 e. The highest BCUT2D eigenvalue weighted by Crippen LogP contribution is 2.39. The quantitative estimate of drug-likeness (QED) is 0.498. The molecule has 2 nitrogen and oxygen atoms in total. The Kier molecular flexibility index (Phi) is 6.37. The first-order valence-corrected chi connectivity index (χ1v) is 11.7. The lowest BCUT2D eigenvalue weighted by atomic mass is 9.80. The van der Waals surface area contributed by atoms with E-state index in [0.717, 1.165) is 31.2 Å². The number of aryl methyl sites for hydroxylation is 1. The number of hydrogen-bond acceptors (Lipinski definition) is 1. The van der Waals surface area contributed by atoms with Crippen molar-refractivity contribution in [2.24, 2.45) is 11.8 Å². The van der Waals surface area contributed by atoms with Crippen LogP contribution in [0.3, 0.4) is 0 Å². The lowest BCUT2D eigenvalue weighted by molar-refractivity contribution is 0.237. The summed E-state index contributed by atoms with van der Waals surface area (Å²) >= 11 is 0. The van der Waals surface area contributed by atoms with E-state index >= 15 is 0 Å². The molecule has 1 fully saturated rings. The van der Waals surface area contributed by atoms with Crippen LogP contribution >= 0.6 is 0 Å². The van der Waals surface area contributed by atoms with Crippen molar-refractivity contribution in [3.05, 3.63) is 59.3 Å². The fourth-order valence-electron chi connectivity index (χ4n) is 5.38. The lowest BCUT2D eigenvalue weighted by Crippen LogP contribution is -2.20. The Morgan fingerprint density at radius 2 is 1.62 bits per heavy atom. The molecule has 2 heteroatoms. The molecular formula is C27H36N2. The van der Waals surface area contributed by atoms with Gasteiger partial charge < -0.3 is 0 Å². The van der Waals surface area contributed by atoms with Gasteiger partial charge in [-0.15, -0.1) is 0 Å². The van der Waals surface area contributed by atoms with Crippen LogP contribution in [0.25, 0.3) is 16.8 Å². The molecule has 1 heterocycles. The van der Waals surface area contributed by atoms with Gasteiger partial charge in [0.05, 0.1) is 11.4 Å². The van der Waals surface area contributed by atoms with Crippen LogP contribution in [0.15, 0.2) is 48.1 Å². The van der Waals surface area contributed by atoms with E-state index in [-0.39, 0.29) is 0 Å². The number of rotatable bonds is 6. The van der Waals surface area contributed by atoms with Crippen molar-refractivity contribution in [2.45, 2.75) is 78.7 Å². The SMILES string of the molecule is CCCC1CCC(Cn2nc(C)c(C3=CCCC=C3C)c2-c2ccccc2)CC1. The van der Waals surface area contributed by atoms with Gasteiger partial charge in [-0.1, -0.05) is 75.1 Å². The van der Waals surface area contributed by atoms with Gasteiger partial charge in [-0.3, -0.25) is 4.68 Å². The lowest BCUT2D eigenvalue weighted by Gasteiger charge is -2.28. The van der Waals surface area contributed by atoms with Gasteiger partial charge in [-0.25, -0.2) is 0 Å². The van der Waals surface area contributed by atoms with Crippen LogP contribution in [0.2, 0.25) is 0 Å². The second-order valence-electron chi connectivity index (χ2n) is 9.11. The Morgan fingerprint density at radius 3 is 2.31 bits per heavy atom. The van der Waals surface area contributed by atoms with Crippen LogP contribution in [-0.4, -0.2) is 9.78 Å². The molecule has 0 amide bonds. The summed E-state index contributed by atoms with van der Waals surface area (Å²) in [6.45, 7) is 7.83. The topological polar surface area (TPSA) is 17.8 Å². The van der Waals surface area contributed by atoms with E-state index in [1.54, 1.807) is 0 Å². The van der Waals surface area contributed by atoms with Gasteiger partial charge in [-0.2, -0.15) is 5.10 Å². The average Bonchev–Trinajstić information content (AvgIpc) is 3.06. The average molecular weight is 389 g/mol. The van der Waals surface area contributed by atoms with Gasteiger partial charge in [0.25, 0.3) is 0 Å². The largest absolute Gasteiger partial charge is 0.264 e. The number of allylic oxidation sites excluding steroid dienone is 4. The second kappa shape index (κ2) is 9.15. The van der Waals surface area contributed by atoms with Crippen molar-refractivity contribution in [3.8, 4) is 11.3 Å². The first kappa shape index (κ1) is 20.2. The molecule has 0 N–H and O–H groups in total. The molecule has 0 bridgehead atoms. The summed E-state index contributed by atoms with van der Waals surface area (Å²) in [7, 11) is 0. The van der Waals surface area contributed by atoms with Gasteiger partial charge >= 0.3 is 0 Å². The maximum atomic E-state index is 5.09. The molecule has 2 aliphatic carbocycles. The summed E-state index contributed by atoms with van der Waals surface area (Å²) < 4.78 is 2.34. The molecule has 1 saturated carbocycles. The van der Waals surface area contributed by atoms with Crippen LogP contribution in [0.1, 0.15) is 76.5 Å². The van der Waals surface area contributed by atoms with Crippen LogP contribution in [0.4, 0.5) is 0 Å². The van der Waals surface area contributed by atoms with E-state index < -0.39 is 0 Å². The van der Waals surface area contributed by atoms with Gasteiger partial charge in [0, 0.05) is 17.7 Å². The molecule has 0 spiro atoms. The molecule has 4 rings (SSSR count). The Morgan fingerprint density at radius 1 is 0.931 bits per heavy atom. The third kappa shape index (κ3) is 4.42. The number of benzene rings is 1. The van der Waals surface area contributed by atoms with Crippen LogP contribution < -0.4 is 0 Å². The van der Waals surface area contributed by atoms with Crippen LogP contribution in [0.5, 0.6) is 0 Å². The highest BCUT2D eigenvalue weighted by Gasteiger charge is 2.25. The molecule has 1 aromatic carbocycles. The van der Waals surface area contributed by atoms with Crippen molar-refractivity contribution < 1.29 is 0 Å². The van der Waals surface area contributed by atoms with Crippen LogP contribution in [0, 0.1) is 18.8 Å². The highest BCUT2D eigenvalue weighted by molar-refractivity contribution is 5.88. The monoisotopic (exact) mass is 388 g/mol. The van der Waals surface area contributed by atoms with Crippen molar-refractivity contribution in [1.82, 2.24) is 9.78 Å². The molecule has 0 radical (unpaired) electrons. The van der Waals surface area contributed by atoms with Crippen LogP contribution in [-0.2, 0) is 6.54 Å². The Hall–Kier alpha value is -2.09. The zero-order chi connectivity index (χ0) is 20.2. The van der Waals surface area contributed by atoms with Gasteiger partial charge in [-0.05, 0) is 62.5 Å². The van der Waals surface area contributed by atoms with E-state index in [9.17, 15) is 0 Å². The summed E-state index contributed by atoms with van der Waals surface area (Å²) in [5, 5.41) is 5.09. The zero-order valence-corrected chi connectivity index (χ0v) is 18.5. The molecule has 1 aromatic heterocycles. The number of aromatic nitrogens is 2. The molecule has 0 unspecified atom stereocenters. The summed E-state index contributed by atoms with van der Waals surface area (Å²) in [5.74, 6) is 1.72. The van der Waals surface area contributed by atoms with Gasteiger partial charge in [0.15, 0.2) is 0 Å². The van der Waals surface area contributed by atoms with E-state index in [4.69, 9.17) is 5.10 Å². The Labute approximate surface area is 176 Å². The molecule has 29 heavy (non-hydrogen) atoms. The predicted octanol–water partition coefficient (Wildman–Crippen LogP) is 7.59. The first-order chi connectivity index (χ1) is 14.2. The van der Waals surface area contributed by atoms with Crippen molar-refractivity contribution in [3.63, 3.8) is 0 Å². The molecule has 2 aliphatic rings. The smallest absolute Gasteiger partial charge is 0.0763 e. The number of nitrogens with zero attached hydrogens (tertiary/aromatic N) is 2. The van der Waals surface area contributed by atoms with E-state index in [0.29, 0.717) is 0 Å². The fourth-order valence-corrected chi connectivity index (χ4v) is 5.38. The normalized spacial score (nSPS) is 22.3. The fraction of sp³-hybridized carbons (Fsp3) is 0.519. The standard InChI is InChI=1S/C27H36N2/c1-4-10-22-15-17-23(18-16-22)19-29-27(24-12-6-5-7-13-24)26(21(3)28-29)25-14-9-8-11-20(25)2/h5-7,11-14,22-23H,4,8-10,15-19H2,1-3H3. The molecule has 0 atom stereocenters. The number of hydrogen-bond donors (Lipinski definition) is 0. The van der Waals surface area contributed by atoms with Crippen molar-refractivity contribution in [2.75, 3.05) is 0 Å². The molecule has 0 saturated heterocycles. The zero-order valence-electron chi connectivity index (χ0n) is 18.5. The third-order valence-corrected chi connectivity index (χ3v) is 6.93. The molecular weight excluding hydrogens is 352 g/mol. The minimum absolute atomic E-state index is 0.759. The Bertz CT molecular complexity index is 877. The maximum Gasteiger partial charge on any atom is 0.0763 e. The van der Waals surface area contributed by atoms with Crippen molar-refractivity contribution in [1.29, 1.82) is 0 Å². The van der Waals surface area contributed by atoms with E-state index in [1.165, 1.54) is 72.2 Å². The van der Waals surface area contributed by atoms with E-state index in [1.807, 2.05) is 0 Å². The third-order valence-electron chi connectivity index (χ3n) is 6.93.